The maximum absolute atomic E-state index is 4.82. The van der Waals surface area contributed by atoms with E-state index in [1.165, 1.54) is 11.1 Å². The Labute approximate surface area is 130 Å². The molecule has 0 N–H and O–H groups in total. The van der Waals surface area contributed by atoms with Crippen LogP contribution in [0.5, 0.6) is 0 Å². The smallest absolute Gasteiger partial charge is 0.117 e. The van der Waals surface area contributed by atoms with Crippen LogP contribution in [0.4, 0.5) is 0 Å². The predicted octanol–water partition coefficient (Wildman–Crippen LogP) is 4.40. The summed E-state index contributed by atoms with van der Waals surface area (Å²) in [6, 6.07) is 23.5. The van der Waals surface area contributed by atoms with Gasteiger partial charge in [-0.05, 0) is 36.6 Å². The van der Waals surface area contributed by atoms with Crippen molar-refractivity contribution in [2.45, 2.75) is 18.9 Å². The minimum atomic E-state index is -0.263. The zero-order valence-electron chi connectivity index (χ0n) is 12.6. The van der Waals surface area contributed by atoms with Crippen LogP contribution in [-0.4, -0.2) is 9.78 Å². The third-order valence-electron chi connectivity index (χ3n) is 4.43. The molecule has 1 aromatic heterocycles. The second kappa shape index (κ2) is 4.99. The third kappa shape index (κ3) is 1.84. The number of hydrogen-bond donors (Lipinski definition) is 0. The largest absolute Gasteiger partial charge is 0.250 e. The molecule has 3 aromatic rings. The molecule has 22 heavy (non-hydrogen) atoms. The minimum absolute atomic E-state index is 0.263. The van der Waals surface area contributed by atoms with Crippen LogP contribution < -0.4 is 0 Å². The van der Waals surface area contributed by atoms with E-state index in [1.54, 1.807) is 0 Å². The molecule has 2 aromatic carbocycles. The summed E-state index contributed by atoms with van der Waals surface area (Å²) in [5, 5.41) is 4.82. The Kier molecular flexibility index (Phi) is 2.97. The summed E-state index contributed by atoms with van der Waals surface area (Å²) in [4.78, 5) is 0. The molecule has 1 aliphatic heterocycles. The van der Waals surface area contributed by atoms with Crippen LogP contribution in [0.15, 0.2) is 72.8 Å². The van der Waals surface area contributed by atoms with E-state index in [9.17, 15) is 0 Å². The van der Waals surface area contributed by atoms with Gasteiger partial charge in [-0.1, -0.05) is 66.7 Å². The second-order valence-electron chi connectivity index (χ2n) is 5.82. The molecule has 0 bridgehead atoms. The topological polar surface area (TPSA) is 17.8 Å². The van der Waals surface area contributed by atoms with Crippen LogP contribution in [0, 0.1) is 6.92 Å². The SMILES string of the molecule is Cc1cc2n(n1)C(c1ccccc1)(c1ccccc1)CC=C2. The molecule has 0 amide bonds. The molecule has 2 heterocycles. The van der Waals surface area contributed by atoms with Crippen LogP contribution in [0.25, 0.3) is 6.08 Å². The third-order valence-corrected chi connectivity index (χ3v) is 4.43. The molecule has 0 atom stereocenters. The standard InChI is InChI=1S/C20H18N2/c1-16-15-19-13-8-14-20(22(19)21-16,17-9-4-2-5-10-17)18-11-6-3-7-12-18/h2-13,15H,14H2,1H3. The molecule has 0 saturated carbocycles. The zero-order chi connectivity index (χ0) is 15.0. The van der Waals surface area contributed by atoms with E-state index < -0.39 is 0 Å². The van der Waals surface area contributed by atoms with Gasteiger partial charge in [0.05, 0.1) is 11.4 Å². The van der Waals surface area contributed by atoms with Crippen molar-refractivity contribution < 1.29 is 0 Å². The summed E-state index contributed by atoms with van der Waals surface area (Å²) in [5.74, 6) is 0. The zero-order valence-corrected chi connectivity index (χ0v) is 12.6. The van der Waals surface area contributed by atoms with Crippen LogP contribution >= 0.6 is 0 Å². The van der Waals surface area contributed by atoms with E-state index >= 15 is 0 Å². The molecule has 2 heteroatoms. The highest BCUT2D eigenvalue weighted by atomic mass is 15.3. The molecule has 0 fully saturated rings. The first-order valence-electron chi connectivity index (χ1n) is 7.65. The van der Waals surface area contributed by atoms with Gasteiger partial charge in [-0.2, -0.15) is 5.10 Å². The Bertz CT molecular complexity index is 774. The first-order valence-corrected chi connectivity index (χ1v) is 7.65. The number of rotatable bonds is 2. The Morgan fingerprint density at radius 1 is 0.909 bits per heavy atom. The Morgan fingerprint density at radius 2 is 1.50 bits per heavy atom. The van der Waals surface area contributed by atoms with Crippen molar-refractivity contribution >= 4 is 6.08 Å². The number of aryl methyl sites for hydroxylation is 1. The van der Waals surface area contributed by atoms with E-state index in [4.69, 9.17) is 5.10 Å². The van der Waals surface area contributed by atoms with Crippen LogP contribution in [0.2, 0.25) is 0 Å². The summed E-state index contributed by atoms with van der Waals surface area (Å²) < 4.78 is 2.19. The molecular formula is C20H18N2. The van der Waals surface area contributed by atoms with E-state index in [1.807, 2.05) is 0 Å². The Morgan fingerprint density at radius 3 is 2.09 bits per heavy atom. The highest BCUT2D eigenvalue weighted by Gasteiger charge is 2.39. The fourth-order valence-corrected chi connectivity index (χ4v) is 3.46. The molecule has 0 unspecified atom stereocenters. The van der Waals surface area contributed by atoms with Crippen LogP contribution in [0.3, 0.4) is 0 Å². The summed E-state index contributed by atoms with van der Waals surface area (Å²) in [6.45, 7) is 2.06. The van der Waals surface area contributed by atoms with E-state index in [2.05, 4.69) is 90.5 Å². The van der Waals surface area contributed by atoms with Gasteiger partial charge in [0.2, 0.25) is 0 Å². The van der Waals surface area contributed by atoms with Crippen molar-refractivity contribution in [3.05, 3.63) is 95.3 Å². The number of allylic oxidation sites excluding steroid dienone is 1. The fourth-order valence-electron chi connectivity index (χ4n) is 3.46. The van der Waals surface area contributed by atoms with Gasteiger partial charge in [0, 0.05) is 0 Å². The summed E-state index contributed by atoms with van der Waals surface area (Å²) in [6.07, 6.45) is 5.34. The average Bonchev–Trinajstić information content (AvgIpc) is 2.97. The van der Waals surface area contributed by atoms with Crippen molar-refractivity contribution in [1.82, 2.24) is 9.78 Å². The second-order valence-corrected chi connectivity index (χ2v) is 5.82. The van der Waals surface area contributed by atoms with Crippen molar-refractivity contribution in [2.75, 3.05) is 0 Å². The van der Waals surface area contributed by atoms with Gasteiger partial charge < -0.3 is 0 Å². The van der Waals surface area contributed by atoms with Crippen molar-refractivity contribution in [1.29, 1.82) is 0 Å². The van der Waals surface area contributed by atoms with E-state index in [0.29, 0.717) is 0 Å². The van der Waals surface area contributed by atoms with Crippen molar-refractivity contribution in [3.63, 3.8) is 0 Å². The average molecular weight is 286 g/mol. The lowest BCUT2D eigenvalue weighted by atomic mass is 9.78. The lowest BCUT2D eigenvalue weighted by Crippen LogP contribution is -2.39. The van der Waals surface area contributed by atoms with Gasteiger partial charge in [0.15, 0.2) is 0 Å². The monoisotopic (exact) mass is 286 g/mol. The minimum Gasteiger partial charge on any atom is -0.250 e. The summed E-state index contributed by atoms with van der Waals surface area (Å²) in [5.41, 5.74) is 4.50. The summed E-state index contributed by atoms with van der Waals surface area (Å²) in [7, 11) is 0. The first-order chi connectivity index (χ1) is 10.8. The first kappa shape index (κ1) is 13.1. The Balaban J connectivity index is 2.05. The predicted molar refractivity (Wildman–Crippen MR) is 89.7 cm³/mol. The molecule has 108 valence electrons. The maximum Gasteiger partial charge on any atom is 0.117 e. The van der Waals surface area contributed by atoms with Gasteiger partial charge >= 0.3 is 0 Å². The normalized spacial score (nSPS) is 15.5. The number of hydrogen-bond acceptors (Lipinski definition) is 1. The van der Waals surface area contributed by atoms with Gasteiger partial charge in [0.25, 0.3) is 0 Å². The number of nitrogens with zero attached hydrogens (tertiary/aromatic N) is 2. The molecule has 0 spiro atoms. The summed E-state index contributed by atoms with van der Waals surface area (Å²) >= 11 is 0. The van der Waals surface area contributed by atoms with Gasteiger partial charge in [-0.25, -0.2) is 4.68 Å². The lowest BCUT2D eigenvalue weighted by Gasteiger charge is -2.37. The van der Waals surface area contributed by atoms with Crippen LogP contribution in [-0.2, 0) is 5.54 Å². The van der Waals surface area contributed by atoms with Crippen molar-refractivity contribution in [3.8, 4) is 0 Å². The van der Waals surface area contributed by atoms with Gasteiger partial charge in [-0.15, -0.1) is 0 Å². The van der Waals surface area contributed by atoms with Gasteiger partial charge in [-0.3, -0.25) is 0 Å². The lowest BCUT2D eigenvalue weighted by molar-refractivity contribution is 0.381. The molecule has 0 radical (unpaired) electrons. The number of fused-ring (bicyclic) bond motifs is 1. The van der Waals surface area contributed by atoms with E-state index in [-0.39, 0.29) is 5.54 Å². The molecule has 4 rings (SSSR count). The maximum atomic E-state index is 4.82. The molecule has 2 nitrogen and oxygen atoms in total. The highest BCUT2D eigenvalue weighted by molar-refractivity contribution is 5.54. The van der Waals surface area contributed by atoms with Crippen molar-refractivity contribution in [2.24, 2.45) is 0 Å². The molecular weight excluding hydrogens is 268 g/mol. The van der Waals surface area contributed by atoms with Gasteiger partial charge in [0.1, 0.15) is 5.54 Å². The van der Waals surface area contributed by atoms with E-state index in [0.717, 1.165) is 17.8 Å². The number of benzene rings is 2. The quantitative estimate of drug-likeness (QED) is 0.682. The number of aromatic nitrogens is 2. The fraction of sp³-hybridized carbons (Fsp3) is 0.150. The highest BCUT2D eigenvalue weighted by Crippen LogP contribution is 2.41. The molecule has 0 aliphatic carbocycles. The molecule has 0 saturated heterocycles. The molecule has 1 aliphatic rings. The van der Waals surface area contributed by atoms with Crippen LogP contribution in [0.1, 0.15) is 28.9 Å². The Hall–Kier alpha value is -2.61.